The third-order valence-corrected chi connectivity index (χ3v) is 2.84. The van der Waals surface area contributed by atoms with Crippen molar-refractivity contribution in [1.82, 2.24) is 15.0 Å². The summed E-state index contributed by atoms with van der Waals surface area (Å²) in [4.78, 5) is 13.6. The number of anilines is 3. The van der Waals surface area contributed by atoms with E-state index in [0.717, 1.165) is 30.4 Å². The van der Waals surface area contributed by atoms with Crippen LogP contribution in [0.4, 0.5) is 17.5 Å². The SMILES string of the molecule is CC(N)CCNc1cc(N(C)c2ccc[nH]2)ncn1. The molecular formula is C13H20N6. The molecule has 0 spiro atoms. The maximum absolute atomic E-state index is 5.71. The number of nitrogens with one attached hydrogen (secondary N) is 2. The van der Waals surface area contributed by atoms with Gasteiger partial charge in [0.25, 0.3) is 0 Å². The second kappa shape index (κ2) is 6.19. The van der Waals surface area contributed by atoms with Crippen molar-refractivity contribution in [3.8, 4) is 0 Å². The van der Waals surface area contributed by atoms with E-state index < -0.39 is 0 Å². The Morgan fingerprint density at radius 1 is 1.47 bits per heavy atom. The van der Waals surface area contributed by atoms with E-state index in [1.54, 1.807) is 6.33 Å². The molecule has 0 aliphatic carbocycles. The minimum absolute atomic E-state index is 0.190. The fraction of sp³-hybridized carbons (Fsp3) is 0.385. The molecule has 1 unspecified atom stereocenters. The van der Waals surface area contributed by atoms with Crippen LogP contribution in [0.2, 0.25) is 0 Å². The van der Waals surface area contributed by atoms with Crippen LogP contribution in [-0.4, -0.2) is 34.6 Å². The molecule has 0 aliphatic heterocycles. The second-order valence-electron chi connectivity index (χ2n) is 4.57. The van der Waals surface area contributed by atoms with Gasteiger partial charge in [-0.05, 0) is 25.5 Å². The van der Waals surface area contributed by atoms with Crippen LogP contribution in [0.3, 0.4) is 0 Å². The highest BCUT2D eigenvalue weighted by atomic mass is 15.2. The summed E-state index contributed by atoms with van der Waals surface area (Å²) in [6, 6.07) is 6.05. The van der Waals surface area contributed by atoms with E-state index >= 15 is 0 Å². The van der Waals surface area contributed by atoms with Crippen molar-refractivity contribution in [1.29, 1.82) is 0 Å². The van der Waals surface area contributed by atoms with Gasteiger partial charge in [0.15, 0.2) is 0 Å². The Bertz CT molecular complexity index is 494. The van der Waals surface area contributed by atoms with Gasteiger partial charge < -0.3 is 20.9 Å². The van der Waals surface area contributed by atoms with Gasteiger partial charge in [0.1, 0.15) is 23.8 Å². The van der Waals surface area contributed by atoms with E-state index in [2.05, 4.69) is 20.3 Å². The monoisotopic (exact) mass is 260 g/mol. The smallest absolute Gasteiger partial charge is 0.139 e. The summed E-state index contributed by atoms with van der Waals surface area (Å²) in [5.74, 6) is 2.63. The zero-order chi connectivity index (χ0) is 13.7. The molecule has 0 saturated heterocycles. The molecule has 2 aromatic rings. The van der Waals surface area contributed by atoms with Crippen molar-refractivity contribution in [2.45, 2.75) is 19.4 Å². The van der Waals surface area contributed by atoms with Crippen LogP contribution in [0.25, 0.3) is 0 Å². The predicted molar refractivity (Wildman–Crippen MR) is 77.6 cm³/mol. The molecule has 0 bridgehead atoms. The average Bonchev–Trinajstić information content (AvgIpc) is 2.91. The van der Waals surface area contributed by atoms with Gasteiger partial charge in [-0.1, -0.05) is 0 Å². The first kappa shape index (κ1) is 13.4. The van der Waals surface area contributed by atoms with Crippen LogP contribution < -0.4 is 16.0 Å². The van der Waals surface area contributed by atoms with E-state index in [0.29, 0.717) is 0 Å². The Balaban J connectivity index is 2.02. The van der Waals surface area contributed by atoms with Crippen LogP contribution in [0.5, 0.6) is 0 Å². The molecule has 6 heteroatoms. The van der Waals surface area contributed by atoms with Gasteiger partial charge >= 0.3 is 0 Å². The lowest BCUT2D eigenvalue weighted by Gasteiger charge is -2.17. The third kappa shape index (κ3) is 3.69. The van der Waals surface area contributed by atoms with Gasteiger partial charge in [-0.2, -0.15) is 0 Å². The van der Waals surface area contributed by atoms with E-state index in [9.17, 15) is 0 Å². The van der Waals surface area contributed by atoms with Crippen LogP contribution in [0, 0.1) is 0 Å². The van der Waals surface area contributed by atoms with Crippen LogP contribution in [0.1, 0.15) is 13.3 Å². The van der Waals surface area contributed by atoms with Crippen molar-refractivity contribution < 1.29 is 0 Å². The Morgan fingerprint density at radius 2 is 2.32 bits per heavy atom. The zero-order valence-corrected chi connectivity index (χ0v) is 11.3. The minimum atomic E-state index is 0.190. The van der Waals surface area contributed by atoms with Crippen molar-refractivity contribution in [2.75, 3.05) is 23.8 Å². The van der Waals surface area contributed by atoms with Crippen molar-refractivity contribution >= 4 is 17.5 Å². The number of hydrogen-bond acceptors (Lipinski definition) is 5. The maximum Gasteiger partial charge on any atom is 0.139 e. The molecule has 4 N–H and O–H groups in total. The normalized spacial score (nSPS) is 12.2. The van der Waals surface area contributed by atoms with Crippen LogP contribution >= 0.6 is 0 Å². The summed E-state index contributed by atoms with van der Waals surface area (Å²) in [6.45, 7) is 2.80. The van der Waals surface area contributed by atoms with Crippen molar-refractivity contribution in [3.63, 3.8) is 0 Å². The first-order valence-corrected chi connectivity index (χ1v) is 6.35. The highest BCUT2D eigenvalue weighted by molar-refractivity contribution is 5.58. The van der Waals surface area contributed by atoms with Gasteiger partial charge in [-0.25, -0.2) is 9.97 Å². The molecule has 2 rings (SSSR count). The fourth-order valence-corrected chi connectivity index (χ4v) is 1.71. The zero-order valence-electron chi connectivity index (χ0n) is 11.3. The van der Waals surface area contributed by atoms with Crippen molar-refractivity contribution in [3.05, 3.63) is 30.7 Å². The number of aromatic nitrogens is 3. The standard InChI is InChI=1S/C13H20N6/c1-10(14)5-7-15-11-8-13(18-9-17-11)19(2)12-4-3-6-16-12/h3-4,6,8-10,16H,5,7,14H2,1-2H3,(H,15,17,18). The topological polar surface area (TPSA) is 82.9 Å². The number of aromatic amines is 1. The first-order valence-electron chi connectivity index (χ1n) is 6.35. The molecule has 2 heterocycles. The lowest BCUT2D eigenvalue weighted by molar-refractivity contribution is 0.689. The Hall–Kier alpha value is -2.08. The molecule has 0 aromatic carbocycles. The Kier molecular flexibility index (Phi) is 4.35. The molecule has 0 fully saturated rings. The molecule has 0 saturated carbocycles. The predicted octanol–water partition coefficient (Wildman–Crippen LogP) is 1.72. The van der Waals surface area contributed by atoms with E-state index in [1.165, 1.54) is 0 Å². The quantitative estimate of drug-likeness (QED) is 0.736. The number of nitrogens with zero attached hydrogens (tertiary/aromatic N) is 3. The van der Waals surface area contributed by atoms with Gasteiger partial charge in [-0.15, -0.1) is 0 Å². The Labute approximate surface area is 113 Å². The third-order valence-electron chi connectivity index (χ3n) is 2.84. The van der Waals surface area contributed by atoms with Gasteiger partial charge in [0.2, 0.25) is 0 Å². The first-order chi connectivity index (χ1) is 9.16. The van der Waals surface area contributed by atoms with E-state index in [-0.39, 0.29) is 6.04 Å². The van der Waals surface area contributed by atoms with Gasteiger partial charge in [0.05, 0.1) is 0 Å². The van der Waals surface area contributed by atoms with Crippen LogP contribution in [-0.2, 0) is 0 Å². The average molecular weight is 260 g/mol. The van der Waals surface area contributed by atoms with E-state index in [4.69, 9.17) is 5.73 Å². The minimum Gasteiger partial charge on any atom is -0.370 e. The fourth-order valence-electron chi connectivity index (χ4n) is 1.71. The molecule has 0 amide bonds. The molecule has 6 nitrogen and oxygen atoms in total. The largest absolute Gasteiger partial charge is 0.370 e. The molecule has 102 valence electrons. The highest BCUT2D eigenvalue weighted by Gasteiger charge is 2.07. The van der Waals surface area contributed by atoms with Crippen molar-refractivity contribution in [2.24, 2.45) is 5.73 Å². The molecular weight excluding hydrogens is 240 g/mol. The number of H-pyrrole nitrogens is 1. The van der Waals surface area contributed by atoms with E-state index in [1.807, 2.05) is 43.3 Å². The molecule has 2 aromatic heterocycles. The summed E-state index contributed by atoms with van der Waals surface area (Å²) in [7, 11) is 1.96. The number of nitrogens with two attached hydrogens (primary N) is 1. The molecule has 0 aliphatic rings. The van der Waals surface area contributed by atoms with Gasteiger partial charge in [-0.3, -0.25) is 0 Å². The number of rotatable bonds is 6. The maximum atomic E-state index is 5.71. The molecule has 19 heavy (non-hydrogen) atoms. The lowest BCUT2D eigenvalue weighted by atomic mass is 10.2. The molecule has 1 atom stereocenters. The summed E-state index contributed by atoms with van der Waals surface area (Å²) in [6.07, 6.45) is 4.35. The lowest BCUT2D eigenvalue weighted by Crippen LogP contribution is -2.19. The Morgan fingerprint density at radius 3 is 3.00 bits per heavy atom. The second-order valence-corrected chi connectivity index (χ2v) is 4.57. The summed E-state index contributed by atoms with van der Waals surface area (Å²) in [5.41, 5.74) is 5.71. The summed E-state index contributed by atoms with van der Waals surface area (Å²) < 4.78 is 0. The van der Waals surface area contributed by atoms with Crippen LogP contribution in [0.15, 0.2) is 30.7 Å². The summed E-state index contributed by atoms with van der Waals surface area (Å²) in [5, 5.41) is 3.25. The number of hydrogen-bond donors (Lipinski definition) is 3. The molecule has 0 radical (unpaired) electrons. The van der Waals surface area contributed by atoms with Gasteiger partial charge in [0, 0.05) is 31.9 Å². The highest BCUT2D eigenvalue weighted by Crippen LogP contribution is 2.20. The summed E-state index contributed by atoms with van der Waals surface area (Å²) >= 11 is 0.